The van der Waals surface area contributed by atoms with Crippen molar-refractivity contribution in [3.8, 4) is 5.88 Å². The zero-order valence-electron chi connectivity index (χ0n) is 23.1. The van der Waals surface area contributed by atoms with E-state index in [0.717, 1.165) is 59.9 Å². The molecule has 42 heavy (non-hydrogen) atoms. The molecule has 0 bridgehead atoms. The van der Waals surface area contributed by atoms with Crippen molar-refractivity contribution in [1.82, 2.24) is 29.6 Å². The number of likely N-dealkylation sites (tertiary alicyclic amines) is 1. The van der Waals surface area contributed by atoms with Gasteiger partial charge in [0, 0.05) is 34.0 Å². The van der Waals surface area contributed by atoms with Crippen molar-refractivity contribution < 1.29 is 19.0 Å². The van der Waals surface area contributed by atoms with Crippen molar-refractivity contribution >= 4 is 28.6 Å². The third-order valence-corrected chi connectivity index (χ3v) is 7.90. The number of benzene rings is 2. The molecule has 3 aromatic heterocycles. The second-order valence-corrected chi connectivity index (χ2v) is 11.1. The fraction of sp³-hybridized carbons (Fsp3) is 0.290. The molecule has 2 aromatic carbocycles. The third kappa shape index (κ3) is 6.14. The van der Waals surface area contributed by atoms with Crippen LogP contribution in [-0.2, 0) is 19.7 Å². The number of ether oxygens (including phenoxy) is 1. The number of imidazole rings is 1. The molecule has 0 spiro atoms. The average Bonchev–Trinajstić information content (AvgIpc) is 3.55. The van der Waals surface area contributed by atoms with E-state index in [1.165, 1.54) is 6.07 Å². The Bertz CT molecular complexity index is 1740. The first-order valence-electron chi connectivity index (χ1n) is 13.8. The Morgan fingerprint density at radius 3 is 2.67 bits per heavy atom. The number of aromatic carboxylic acids is 1. The number of H-pyrrole nitrogens is 1. The SMILES string of the molecule is Cc1cc(Cn2c(CN3CCC(c4cccc(OCc5ccc(Cl)cc5F)n4)CC3)nc3ccc(C(=O)O)cc32)n[nH]1. The molecule has 0 saturated carbocycles. The number of aromatic nitrogens is 5. The topological polar surface area (TPSA) is 109 Å². The maximum Gasteiger partial charge on any atom is 0.335 e. The van der Waals surface area contributed by atoms with E-state index >= 15 is 0 Å². The summed E-state index contributed by atoms with van der Waals surface area (Å²) in [4.78, 5) is 23.6. The monoisotopic (exact) mass is 588 g/mol. The number of aromatic amines is 1. The molecule has 0 amide bonds. The Kier molecular flexibility index (Phi) is 7.90. The number of nitrogens with one attached hydrogen (secondary N) is 1. The van der Waals surface area contributed by atoms with Gasteiger partial charge in [0.25, 0.3) is 0 Å². The number of aryl methyl sites for hydroxylation is 1. The lowest BCUT2D eigenvalue weighted by molar-refractivity contribution is 0.0697. The van der Waals surface area contributed by atoms with E-state index in [1.807, 2.05) is 25.1 Å². The summed E-state index contributed by atoms with van der Waals surface area (Å²) in [7, 11) is 0. The molecule has 0 unspecified atom stereocenters. The molecule has 1 aliphatic rings. The van der Waals surface area contributed by atoms with Gasteiger partial charge in [-0.25, -0.2) is 19.2 Å². The number of piperidine rings is 1. The lowest BCUT2D eigenvalue weighted by atomic mass is 9.93. The summed E-state index contributed by atoms with van der Waals surface area (Å²) < 4.78 is 22.0. The highest BCUT2D eigenvalue weighted by Gasteiger charge is 2.24. The quantitative estimate of drug-likeness (QED) is 0.219. The summed E-state index contributed by atoms with van der Waals surface area (Å²) in [6.07, 6.45) is 1.84. The number of halogens is 2. The smallest absolute Gasteiger partial charge is 0.335 e. The summed E-state index contributed by atoms with van der Waals surface area (Å²) in [6, 6.07) is 17.3. The van der Waals surface area contributed by atoms with Crippen LogP contribution in [0, 0.1) is 12.7 Å². The molecule has 2 N–H and O–H groups in total. The number of carboxylic acid groups (broad SMARTS) is 1. The Hall–Kier alpha value is -4.28. The minimum atomic E-state index is -0.968. The van der Waals surface area contributed by atoms with Crippen molar-refractivity contribution in [3.63, 3.8) is 0 Å². The number of hydrogen-bond donors (Lipinski definition) is 2. The van der Waals surface area contributed by atoms with E-state index in [4.69, 9.17) is 26.3 Å². The molecule has 216 valence electrons. The highest BCUT2D eigenvalue weighted by Crippen LogP contribution is 2.30. The number of hydrogen-bond acceptors (Lipinski definition) is 6. The van der Waals surface area contributed by atoms with Crippen LogP contribution in [0.25, 0.3) is 11.0 Å². The van der Waals surface area contributed by atoms with Crippen LogP contribution in [0.5, 0.6) is 5.88 Å². The van der Waals surface area contributed by atoms with E-state index in [9.17, 15) is 14.3 Å². The van der Waals surface area contributed by atoms with Crippen molar-refractivity contribution in [2.45, 2.75) is 45.4 Å². The summed E-state index contributed by atoms with van der Waals surface area (Å²) >= 11 is 5.85. The van der Waals surface area contributed by atoms with E-state index < -0.39 is 11.8 Å². The van der Waals surface area contributed by atoms with Crippen LogP contribution in [0.4, 0.5) is 4.39 Å². The number of carbonyl (C=O) groups is 1. The second-order valence-electron chi connectivity index (χ2n) is 10.6. The average molecular weight is 589 g/mol. The minimum Gasteiger partial charge on any atom is -0.478 e. The van der Waals surface area contributed by atoms with Crippen LogP contribution in [0.2, 0.25) is 5.02 Å². The lowest BCUT2D eigenvalue weighted by Crippen LogP contribution is -2.33. The van der Waals surface area contributed by atoms with Crippen LogP contribution < -0.4 is 4.74 Å². The predicted octanol–water partition coefficient (Wildman–Crippen LogP) is 5.96. The van der Waals surface area contributed by atoms with Gasteiger partial charge in [0.15, 0.2) is 0 Å². The molecule has 11 heteroatoms. The van der Waals surface area contributed by atoms with Crippen molar-refractivity contribution in [1.29, 1.82) is 0 Å². The van der Waals surface area contributed by atoms with Gasteiger partial charge in [-0.15, -0.1) is 0 Å². The molecule has 1 saturated heterocycles. The largest absolute Gasteiger partial charge is 0.478 e. The number of nitrogens with zero attached hydrogens (tertiary/aromatic N) is 5. The van der Waals surface area contributed by atoms with Gasteiger partial charge in [-0.05, 0) is 75.3 Å². The van der Waals surface area contributed by atoms with Gasteiger partial charge in [0.1, 0.15) is 18.2 Å². The van der Waals surface area contributed by atoms with E-state index in [2.05, 4.69) is 19.7 Å². The molecule has 9 nitrogen and oxygen atoms in total. The summed E-state index contributed by atoms with van der Waals surface area (Å²) in [5.41, 5.74) is 4.98. The van der Waals surface area contributed by atoms with Gasteiger partial charge in [-0.3, -0.25) is 10.00 Å². The van der Waals surface area contributed by atoms with Gasteiger partial charge < -0.3 is 14.4 Å². The maximum atomic E-state index is 14.1. The highest BCUT2D eigenvalue weighted by molar-refractivity contribution is 6.30. The zero-order chi connectivity index (χ0) is 29.2. The summed E-state index contributed by atoms with van der Waals surface area (Å²) in [6.45, 7) is 4.87. The Labute approximate surface area is 246 Å². The normalized spacial score (nSPS) is 14.5. The molecule has 0 aliphatic carbocycles. The molecular formula is C31H30ClFN6O3. The van der Waals surface area contributed by atoms with Crippen LogP contribution in [0.3, 0.4) is 0 Å². The Morgan fingerprint density at radius 2 is 1.93 bits per heavy atom. The first kappa shape index (κ1) is 27.9. The predicted molar refractivity (Wildman–Crippen MR) is 156 cm³/mol. The van der Waals surface area contributed by atoms with Crippen LogP contribution in [-0.4, -0.2) is 53.8 Å². The van der Waals surface area contributed by atoms with Gasteiger partial charge >= 0.3 is 5.97 Å². The van der Waals surface area contributed by atoms with Gasteiger partial charge in [0.05, 0.1) is 35.4 Å². The van der Waals surface area contributed by atoms with Crippen molar-refractivity contribution in [3.05, 3.63) is 106 Å². The van der Waals surface area contributed by atoms with Gasteiger partial charge in [-0.2, -0.15) is 5.10 Å². The standard InChI is InChI=1S/C31H30ClFN6O3/c1-19-13-24(37-36-19)16-39-28-14-21(31(40)41)6-8-27(28)34-29(39)17-38-11-9-20(10-12-38)26-3-2-4-30(35-26)42-18-22-5-7-23(32)15-25(22)33/h2-8,13-15,20H,9-12,16-18H2,1H3,(H,36,37)(H,40,41). The van der Waals surface area contributed by atoms with Gasteiger partial charge in [-0.1, -0.05) is 23.7 Å². The van der Waals surface area contributed by atoms with Crippen LogP contribution in [0.1, 0.15) is 57.6 Å². The van der Waals surface area contributed by atoms with Crippen molar-refractivity contribution in [2.24, 2.45) is 0 Å². The van der Waals surface area contributed by atoms with Crippen LogP contribution in [0.15, 0.2) is 60.7 Å². The zero-order valence-corrected chi connectivity index (χ0v) is 23.8. The first-order valence-corrected chi connectivity index (χ1v) is 14.2. The molecule has 0 atom stereocenters. The first-order chi connectivity index (χ1) is 20.3. The highest BCUT2D eigenvalue weighted by atomic mass is 35.5. The minimum absolute atomic E-state index is 0.0741. The summed E-state index contributed by atoms with van der Waals surface area (Å²) in [5, 5.41) is 17.3. The van der Waals surface area contributed by atoms with E-state index in [1.54, 1.807) is 36.4 Å². The molecule has 4 heterocycles. The van der Waals surface area contributed by atoms with Gasteiger partial charge in [0.2, 0.25) is 5.88 Å². The summed E-state index contributed by atoms with van der Waals surface area (Å²) in [5.74, 6) is 0.244. The Balaban J connectivity index is 1.13. The van der Waals surface area contributed by atoms with Crippen LogP contribution >= 0.6 is 11.6 Å². The fourth-order valence-electron chi connectivity index (χ4n) is 5.44. The maximum absolute atomic E-state index is 14.1. The fourth-order valence-corrected chi connectivity index (χ4v) is 5.59. The third-order valence-electron chi connectivity index (χ3n) is 7.66. The Morgan fingerprint density at radius 1 is 1.10 bits per heavy atom. The molecule has 0 radical (unpaired) electrons. The molecule has 1 fully saturated rings. The number of fused-ring (bicyclic) bond motifs is 1. The number of rotatable bonds is 9. The number of carboxylic acids is 1. The molecule has 1 aliphatic heterocycles. The molecule has 5 aromatic rings. The number of pyridine rings is 1. The lowest BCUT2D eigenvalue weighted by Gasteiger charge is -2.31. The molecular weight excluding hydrogens is 559 g/mol. The van der Waals surface area contributed by atoms with Crippen molar-refractivity contribution in [2.75, 3.05) is 13.1 Å². The second kappa shape index (κ2) is 11.9. The molecule has 6 rings (SSSR count). The van der Waals surface area contributed by atoms with E-state index in [-0.39, 0.29) is 18.1 Å². The van der Waals surface area contributed by atoms with E-state index in [0.29, 0.717) is 29.6 Å².